The summed E-state index contributed by atoms with van der Waals surface area (Å²) < 4.78 is 16.7. The molecule has 6 nitrogen and oxygen atoms in total. The van der Waals surface area contributed by atoms with Gasteiger partial charge in [-0.3, -0.25) is 9.59 Å². The van der Waals surface area contributed by atoms with Crippen LogP contribution in [0.15, 0.2) is 63.4 Å². The minimum absolute atomic E-state index is 0.346. The van der Waals surface area contributed by atoms with Gasteiger partial charge in [-0.15, -0.1) is 23.1 Å². The zero-order chi connectivity index (χ0) is 21.8. The molecule has 0 aliphatic carbocycles. The van der Waals surface area contributed by atoms with Gasteiger partial charge in [-0.25, -0.2) is 4.90 Å². The first-order chi connectivity index (χ1) is 15.1. The van der Waals surface area contributed by atoms with Crippen molar-refractivity contribution in [3.63, 3.8) is 0 Å². The average molecular weight is 456 g/mol. The lowest BCUT2D eigenvalue weighted by atomic mass is 10.2. The van der Waals surface area contributed by atoms with E-state index >= 15 is 0 Å². The van der Waals surface area contributed by atoms with Crippen LogP contribution in [0.4, 0.5) is 5.69 Å². The summed E-state index contributed by atoms with van der Waals surface area (Å²) in [6.45, 7) is 4.68. The van der Waals surface area contributed by atoms with E-state index < -0.39 is 0 Å². The molecule has 2 aromatic heterocycles. The fourth-order valence-corrected chi connectivity index (χ4v) is 5.07. The van der Waals surface area contributed by atoms with Gasteiger partial charge in [0, 0.05) is 10.9 Å². The predicted molar refractivity (Wildman–Crippen MR) is 123 cm³/mol. The molecule has 0 radical (unpaired) electrons. The lowest BCUT2D eigenvalue weighted by Crippen LogP contribution is -2.31. The number of furan rings is 1. The largest absolute Gasteiger partial charge is 0.490 e. The molecule has 1 aromatic carbocycles. The lowest BCUT2D eigenvalue weighted by Gasteiger charge is -2.18. The first kappa shape index (κ1) is 21.3. The van der Waals surface area contributed by atoms with Crippen LogP contribution in [0.2, 0.25) is 0 Å². The zero-order valence-corrected chi connectivity index (χ0v) is 18.8. The number of imide groups is 1. The second kappa shape index (κ2) is 9.45. The van der Waals surface area contributed by atoms with Crippen molar-refractivity contribution in [1.29, 1.82) is 0 Å². The van der Waals surface area contributed by atoms with Gasteiger partial charge in [0.15, 0.2) is 11.5 Å². The summed E-state index contributed by atoms with van der Waals surface area (Å²) in [5, 5.41) is 1.89. The molecular weight excluding hydrogens is 434 g/mol. The van der Waals surface area contributed by atoms with Gasteiger partial charge in [-0.05, 0) is 49.6 Å². The average Bonchev–Trinajstić information content (AvgIpc) is 3.50. The minimum atomic E-state index is -0.350. The monoisotopic (exact) mass is 455 g/mol. The molecule has 8 heteroatoms. The van der Waals surface area contributed by atoms with Gasteiger partial charge in [0.05, 0.1) is 41.4 Å². The van der Waals surface area contributed by atoms with Crippen LogP contribution in [0.1, 0.15) is 24.5 Å². The molecule has 0 bridgehead atoms. The summed E-state index contributed by atoms with van der Waals surface area (Å²) in [5.41, 5.74) is 0.868. The quantitative estimate of drug-likeness (QED) is 0.405. The summed E-state index contributed by atoms with van der Waals surface area (Å²) in [4.78, 5) is 29.2. The number of carbonyl (C=O) groups excluding carboxylic acids is 2. The molecule has 0 fully saturated rings. The summed E-state index contributed by atoms with van der Waals surface area (Å²) in [6.07, 6.45) is 1.59. The molecule has 0 atom stereocenters. The van der Waals surface area contributed by atoms with E-state index in [1.165, 1.54) is 28.0 Å². The second-order valence-electron chi connectivity index (χ2n) is 6.49. The van der Waals surface area contributed by atoms with Gasteiger partial charge in [0.2, 0.25) is 0 Å². The molecule has 3 aromatic rings. The number of hydrogen-bond donors (Lipinski definition) is 0. The highest BCUT2D eigenvalue weighted by Gasteiger charge is 2.41. The maximum atomic E-state index is 13.4. The summed E-state index contributed by atoms with van der Waals surface area (Å²) >= 11 is 2.74. The molecule has 1 aliphatic rings. The molecule has 4 rings (SSSR count). The minimum Gasteiger partial charge on any atom is -0.490 e. The molecule has 31 heavy (non-hydrogen) atoms. The fourth-order valence-electron chi connectivity index (χ4n) is 3.23. The van der Waals surface area contributed by atoms with Crippen LogP contribution >= 0.6 is 23.1 Å². The molecule has 0 spiro atoms. The molecule has 160 valence electrons. The van der Waals surface area contributed by atoms with Crippen LogP contribution in [0, 0.1) is 0 Å². The van der Waals surface area contributed by atoms with Crippen molar-refractivity contribution in [2.24, 2.45) is 0 Å². The van der Waals surface area contributed by atoms with Crippen LogP contribution in [0.25, 0.3) is 5.57 Å². The molecule has 0 saturated heterocycles. The van der Waals surface area contributed by atoms with Crippen LogP contribution in [0.3, 0.4) is 0 Å². The van der Waals surface area contributed by atoms with E-state index in [0.29, 0.717) is 46.6 Å². The summed E-state index contributed by atoms with van der Waals surface area (Å²) in [7, 11) is 0. The number of thioether (sulfide) groups is 1. The molecular formula is C23H21NO5S2. The Morgan fingerprint density at radius 2 is 1.81 bits per heavy atom. The van der Waals surface area contributed by atoms with Crippen molar-refractivity contribution in [2.45, 2.75) is 19.6 Å². The SMILES string of the molecule is CCOc1ccc(N2C(=O)C(SCc3ccco3)=C(c3cccs3)C2=O)cc1OCC. The van der Waals surface area contributed by atoms with E-state index in [2.05, 4.69) is 0 Å². The van der Waals surface area contributed by atoms with Crippen molar-refractivity contribution in [2.75, 3.05) is 18.1 Å². The number of benzene rings is 1. The van der Waals surface area contributed by atoms with E-state index in [0.717, 1.165) is 10.6 Å². The van der Waals surface area contributed by atoms with E-state index in [4.69, 9.17) is 13.9 Å². The Morgan fingerprint density at radius 3 is 2.48 bits per heavy atom. The topological polar surface area (TPSA) is 69.0 Å². The van der Waals surface area contributed by atoms with Gasteiger partial charge in [0.25, 0.3) is 11.8 Å². The Morgan fingerprint density at radius 1 is 1.00 bits per heavy atom. The number of ether oxygens (including phenoxy) is 2. The zero-order valence-electron chi connectivity index (χ0n) is 17.1. The molecule has 3 heterocycles. The molecule has 2 amide bonds. The van der Waals surface area contributed by atoms with Crippen molar-refractivity contribution >= 4 is 46.2 Å². The van der Waals surface area contributed by atoms with Gasteiger partial charge in [0.1, 0.15) is 5.76 Å². The standard InChI is InChI=1S/C23H21NO5S2/c1-3-27-17-10-9-15(13-18(17)28-4-2)24-22(25)20(19-8-6-12-30-19)21(23(24)26)31-14-16-7-5-11-29-16/h5-13H,3-4,14H2,1-2H3. The highest BCUT2D eigenvalue weighted by molar-refractivity contribution is 8.03. The summed E-state index contributed by atoms with van der Waals surface area (Å²) in [5.74, 6) is 1.57. The van der Waals surface area contributed by atoms with Gasteiger partial charge >= 0.3 is 0 Å². The van der Waals surface area contributed by atoms with Gasteiger partial charge in [-0.2, -0.15) is 0 Å². The lowest BCUT2D eigenvalue weighted by molar-refractivity contribution is -0.119. The predicted octanol–water partition coefficient (Wildman–Crippen LogP) is 5.36. The third kappa shape index (κ3) is 4.26. The van der Waals surface area contributed by atoms with Crippen molar-refractivity contribution < 1.29 is 23.5 Å². The maximum Gasteiger partial charge on any atom is 0.272 e. The van der Waals surface area contributed by atoms with Crippen LogP contribution in [-0.4, -0.2) is 25.0 Å². The van der Waals surface area contributed by atoms with Gasteiger partial charge in [-0.1, -0.05) is 6.07 Å². The number of thiophene rings is 1. The van der Waals surface area contributed by atoms with E-state index in [1.54, 1.807) is 30.5 Å². The fraction of sp³-hybridized carbons (Fsp3) is 0.217. The Kier molecular flexibility index (Phi) is 6.48. The van der Waals surface area contributed by atoms with Crippen LogP contribution < -0.4 is 14.4 Å². The third-order valence-electron chi connectivity index (χ3n) is 4.53. The van der Waals surface area contributed by atoms with Crippen LogP contribution in [0.5, 0.6) is 11.5 Å². The Bertz CT molecular complexity index is 1100. The normalized spacial score (nSPS) is 13.9. The number of rotatable bonds is 9. The number of anilines is 1. The third-order valence-corrected chi connectivity index (χ3v) is 6.52. The Labute approximate surface area is 188 Å². The smallest absolute Gasteiger partial charge is 0.272 e. The highest BCUT2D eigenvalue weighted by Crippen LogP contribution is 2.42. The maximum absolute atomic E-state index is 13.4. The van der Waals surface area contributed by atoms with E-state index in [1.807, 2.05) is 37.4 Å². The van der Waals surface area contributed by atoms with Crippen molar-refractivity contribution in [3.05, 3.63) is 69.7 Å². The Balaban J connectivity index is 1.70. The first-order valence-electron chi connectivity index (χ1n) is 9.85. The molecule has 0 unspecified atom stereocenters. The van der Waals surface area contributed by atoms with E-state index in [9.17, 15) is 9.59 Å². The number of carbonyl (C=O) groups is 2. The molecule has 1 aliphatic heterocycles. The molecule has 0 N–H and O–H groups in total. The van der Waals surface area contributed by atoms with Crippen molar-refractivity contribution in [1.82, 2.24) is 0 Å². The first-order valence-corrected chi connectivity index (χ1v) is 11.7. The van der Waals surface area contributed by atoms with Gasteiger partial charge < -0.3 is 13.9 Å². The number of hydrogen-bond acceptors (Lipinski definition) is 7. The number of nitrogens with zero attached hydrogens (tertiary/aromatic N) is 1. The van der Waals surface area contributed by atoms with Crippen molar-refractivity contribution in [3.8, 4) is 11.5 Å². The highest BCUT2D eigenvalue weighted by atomic mass is 32.2. The number of amides is 2. The van der Waals surface area contributed by atoms with E-state index in [-0.39, 0.29) is 11.8 Å². The molecule has 0 saturated carbocycles. The second-order valence-corrected chi connectivity index (χ2v) is 8.43. The van der Waals surface area contributed by atoms with Crippen LogP contribution in [-0.2, 0) is 15.3 Å². The summed E-state index contributed by atoms with van der Waals surface area (Å²) in [6, 6.07) is 12.5. The Hall–Kier alpha value is -2.97.